The molecule has 6 aromatic carbocycles. The van der Waals surface area contributed by atoms with Crippen LogP contribution in [-0.4, -0.2) is 39.2 Å². The molecule has 0 aromatic heterocycles. The Kier molecular flexibility index (Phi) is 10.6. The summed E-state index contributed by atoms with van der Waals surface area (Å²) in [6.45, 7) is 0. The highest BCUT2D eigenvalue weighted by Gasteiger charge is 2.21. The number of carbonyl (C=O) groups is 4. The van der Waals surface area contributed by atoms with Gasteiger partial charge in [-0.25, -0.2) is 19.2 Å². The molecule has 262 valence electrons. The van der Waals surface area contributed by atoms with Crippen molar-refractivity contribution >= 4 is 36.0 Å². The predicted molar refractivity (Wildman–Crippen MR) is 192 cm³/mol. The molecule has 6 aromatic rings. The van der Waals surface area contributed by atoms with Crippen LogP contribution >= 0.6 is 0 Å². The number of carbonyl (C=O) groups excluding carboxylic acids is 4. The van der Waals surface area contributed by atoms with Gasteiger partial charge in [0.15, 0.2) is 0 Å². The molecule has 11 nitrogen and oxygen atoms in total. The predicted octanol–water partition coefficient (Wildman–Crippen LogP) is 7.85. The molecule has 0 atom stereocenters. The van der Waals surface area contributed by atoms with Crippen LogP contribution in [0, 0.1) is 0 Å². The Bertz CT molecular complexity index is 2360. The van der Waals surface area contributed by atoms with E-state index < -0.39 is 23.9 Å². The zero-order chi connectivity index (χ0) is 37.3. The zero-order valence-corrected chi connectivity index (χ0v) is 27.5. The molecule has 0 unspecified atom stereocenters. The minimum absolute atomic E-state index is 0.00221. The molecule has 0 amide bonds. The lowest BCUT2D eigenvalue weighted by Crippen LogP contribution is -2.14. The van der Waals surface area contributed by atoms with Crippen LogP contribution in [0.15, 0.2) is 140 Å². The van der Waals surface area contributed by atoms with Crippen molar-refractivity contribution in [3.05, 3.63) is 173 Å². The summed E-state index contributed by atoms with van der Waals surface area (Å²) in [7, 11) is 0. The average molecular weight is 709 g/mol. The van der Waals surface area contributed by atoms with Gasteiger partial charge in [-0.3, -0.25) is 0 Å². The van der Waals surface area contributed by atoms with Crippen LogP contribution in [0.4, 0.5) is 0 Å². The minimum Gasteiger partial charge on any atom is -0.508 e. The standard InChI is InChI=1S/C42H28O11/c43-28-23-27(24-30(25-28)51-42(49)34-12-4-8-16-38(34)53-40(47)32-10-2-6-14-36(32)45)18-17-26-19-21-29(22-20-26)50-41(48)33-11-3-7-15-37(33)52-39(46)31-9-1-5-13-35(31)44/h1-25,43-45H. The lowest BCUT2D eigenvalue weighted by molar-refractivity contribution is 0.0685. The second-order valence-corrected chi connectivity index (χ2v) is 11.2. The van der Waals surface area contributed by atoms with Crippen molar-refractivity contribution in [1.29, 1.82) is 0 Å². The highest BCUT2D eigenvalue weighted by molar-refractivity contribution is 5.99. The number of ether oxygens (including phenoxy) is 4. The van der Waals surface area contributed by atoms with Gasteiger partial charge in [-0.15, -0.1) is 0 Å². The monoisotopic (exact) mass is 708 g/mol. The maximum Gasteiger partial charge on any atom is 0.347 e. The number of aromatic hydroxyl groups is 3. The summed E-state index contributed by atoms with van der Waals surface area (Å²) in [5.74, 6) is -3.94. The summed E-state index contributed by atoms with van der Waals surface area (Å²) in [5, 5.41) is 30.3. The van der Waals surface area contributed by atoms with Gasteiger partial charge in [0.2, 0.25) is 0 Å². The third-order valence-corrected chi connectivity index (χ3v) is 7.55. The van der Waals surface area contributed by atoms with E-state index in [-0.39, 0.29) is 62.5 Å². The number of phenols is 3. The lowest BCUT2D eigenvalue weighted by atomic mass is 10.1. The summed E-state index contributed by atoms with van der Waals surface area (Å²) < 4.78 is 21.8. The molecule has 3 N–H and O–H groups in total. The first-order chi connectivity index (χ1) is 25.6. The lowest BCUT2D eigenvalue weighted by Gasteiger charge is -2.11. The third-order valence-electron chi connectivity index (χ3n) is 7.55. The van der Waals surface area contributed by atoms with Crippen LogP contribution in [0.25, 0.3) is 12.2 Å². The molecule has 0 bridgehead atoms. The Labute approximate surface area is 302 Å². The first-order valence-corrected chi connectivity index (χ1v) is 15.9. The molecule has 0 fully saturated rings. The topological polar surface area (TPSA) is 166 Å². The van der Waals surface area contributed by atoms with Gasteiger partial charge in [0, 0.05) is 6.07 Å². The Balaban J connectivity index is 1.10. The number of benzene rings is 6. The van der Waals surface area contributed by atoms with Crippen molar-refractivity contribution in [1.82, 2.24) is 0 Å². The first kappa shape index (κ1) is 35.2. The van der Waals surface area contributed by atoms with Crippen molar-refractivity contribution in [2.45, 2.75) is 0 Å². The maximum atomic E-state index is 13.1. The molecule has 11 heteroatoms. The van der Waals surface area contributed by atoms with Gasteiger partial charge < -0.3 is 34.3 Å². The summed E-state index contributed by atoms with van der Waals surface area (Å²) in [4.78, 5) is 51.4. The molecule has 0 heterocycles. The van der Waals surface area contributed by atoms with E-state index in [9.17, 15) is 34.5 Å². The molecule has 0 saturated heterocycles. The van der Waals surface area contributed by atoms with Crippen LogP contribution < -0.4 is 18.9 Å². The second-order valence-electron chi connectivity index (χ2n) is 11.2. The van der Waals surface area contributed by atoms with E-state index in [1.54, 1.807) is 84.9 Å². The molecular weight excluding hydrogens is 680 g/mol. The molecule has 0 spiro atoms. The summed E-state index contributed by atoms with van der Waals surface area (Å²) in [6, 6.07) is 34.4. The van der Waals surface area contributed by atoms with Crippen molar-refractivity contribution < 1.29 is 53.4 Å². The van der Waals surface area contributed by atoms with Gasteiger partial charge in [-0.2, -0.15) is 0 Å². The van der Waals surface area contributed by atoms with Gasteiger partial charge in [-0.05, 0) is 83.9 Å². The molecule has 0 saturated carbocycles. The fourth-order valence-electron chi connectivity index (χ4n) is 4.98. The van der Waals surface area contributed by atoms with Crippen LogP contribution in [0.3, 0.4) is 0 Å². The minimum atomic E-state index is -0.867. The van der Waals surface area contributed by atoms with E-state index >= 15 is 0 Å². The molecule has 0 radical (unpaired) electrons. The largest absolute Gasteiger partial charge is 0.508 e. The van der Waals surface area contributed by atoms with Crippen LogP contribution in [-0.2, 0) is 0 Å². The Morgan fingerprint density at radius 2 is 0.811 bits per heavy atom. The fraction of sp³-hybridized carbons (Fsp3) is 0. The highest BCUT2D eigenvalue weighted by Crippen LogP contribution is 2.28. The fourth-order valence-corrected chi connectivity index (χ4v) is 4.98. The van der Waals surface area contributed by atoms with E-state index in [2.05, 4.69) is 0 Å². The van der Waals surface area contributed by atoms with E-state index in [1.165, 1.54) is 66.7 Å². The van der Waals surface area contributed by atoms with Crippen molar-refractivity contribution in [3.63, 3.8) is 0 Å². The van der Waals surface area contributed by atoms with Gasteiger partial charge in [0.1, 0.15) is 62.5 Å². The van der Waals surface area contributed by atoms with Crippen molar-refractivity contribution in [2.75, 3.05) is 0 Å². The summed E-state index contributed by atoms with van der Waals surface area (Å²) >= 11 is 0. The summed E-state index contributed by atoms with van der Waals surface area (Å²) in [6.07, 6.45) is 3.38. The molecule has 6 rings (SSSR count). The SMILES string of the molecule is O=C(Oc1ccccc1C(=O)Oc1ccc(C=Cc2cc(O)cc(OC(=O)c3ccccc3OC(=O)c3ccccc3O)c2)cc1)c1ccccc1O. The van der Waals surface area contributed by atoms with E-state index in [4.69, 9.17) is 18.9 Å². The van der Waals surface area contributed by atoms with Gasteiger partial charge in [-0.1, -0.05) is 72.8 Å². The zero-order valence-electron chi connectivity index (χ0n) is 27.5. The first-order valence-electron chi connectivity index (χ1n) is 15.9. The average Bonchev–Trinajstić information content (AvgIpc) is 3.15. The smallest absolute Gasteiger partial charge is 0.347 e. The van der Waals surface area contributed by atoms with E-state index in [1.807, 2.05) is 0 Å². The third kappa shape index (κ3) is 8.74. The number of hydrogen-bond donors (Lipinski definition) is 3. The number of phenolic OH excluding ortho intramolecular Hbond substituents is 3. The molecule has 0 aliphatic carbocycles. The Hall–Kier alpha value is -7.66. The molecule has 0 aliphatic rings. The normalized spacial score (nSPS) is 10.7. The number of rotatable bonds is 10. The van der Waals surface area contributed by atoms with Crippen LogP contribution in [0.2, 0.25) is 0 Å². The van der Waals surface area contributed by atoms with Crippen LogP contribution in [0.5, 0.6) is 40.2 Å². The van der Waals surface area contributed by atoms with E-state index in [0.717, 1.165) is 0 Å². The van der Waals surface area contributed by atoms with Crippen molar-refractivity contribution in [3.8, 4) is 40.2 Å². The maximum absolute atomic E-state index is 13.1. The van der Waals surface area contributed by atoms with Gasteiger partial charge in [0.05, 0.1) is 0 Å². The van der Waals surface area contributed by atoms with Crippen molar-refractivity contribution in [2.24, 2.45) is 0 Å². The number of hydrogen-bond acceptors (Lipinski definition) is 11. The quantitative estimate of drug-likeness (QED) is 0.0721. The number of para-hydroxylation sites is 4. The molecule has 0 aliphatic heterocycles. The highest BCUT2D eigenvalue weighted by atomic mass is 16.6. The van der Waals surface area contributed by atoms with E-state index in [0.29, 0.717) is 11.1 Å². The van der Waals surface area contributed by atoms with Gasteiger partial charge >= 0.3 is 23.9 Å². The van der Waals surface area contributed by atoms with Gasteiger partial charge in [0.25, 0.3) is 0 Å². The second kappa shape index (κ2) is 15.9. The molecular formula is C42H28O11. The summed E-state index contributed by atoms with van der Waals surface area (Å²) in [5.41, 5.74) is 0.979. The Morgan fingerprint density at radius 3 is 1.32 bits per heavy atom. The molecule has 53 heavy (non-hydrogen) atoms. The van der Waals surface area contributed by atoms with Crippen LogP contribution in [0.1, 0.15) is 52.6 Å². The Morgan fingerprint density at radius 1 is 0.396 bits per heavy atom. The number of esters is 4.